The Morgan fingerprint density at radius 3 is 2.60 bits per heavy atom. The molecule has 0 N–H and O–H groups in total. The minimum absolute atomic E-state index is 0.279. The van der Waals surface area contributed by atoms with E-state index in [4.69, 9.17) is 16.3 Å². The Balaban J connectivity index is 1.67. The predicted octanol–water partition coefficient (Wildman–Crippen LogP) is 2.48. The number of fused-ring (bicyclic) bond motifs is 1. The number of rotatable bonds is 5. The molecular formula is C18H13ClN2O4. The van der Waals surface area contributed by atoms with E-state index in [1.807, 2.05) is 0 Å². The molecule has 3 rings (SSSR count). The Labute approximate surface area is 147 Å². The molecule has 25 heavy (non-hydrogen) atoms. The van der Waals surface area contributed by atoms with Gasteiger partial charge in [0, 0.05) is 5.56 Å². The van der Waals surface area contributed by atoms with Gasteiger partial charge in [0.1, 0.15) is 6.54 Å². The summed E-state index contributed by atoms with van der Waals surface area (Å²) >= 11 is 5.93. The first-order valence-corrected chi connectivity index (χ1v) is 7.81. The molecule has 0 aliphatic rings. The molecule has 0 saturated carbocycles. The van der Waals surface area contributed by atoms with Gasteiger partial charge in [-0.2, -0.15) is 0 Å². The first-order valence-electron chi connectivity index (χ1n) is 7.44. The lowest BCUT2D eigenvalue weighted by atomic mass is 10.1. The van der Waals surface area contributed by atoms with Gasteiger partial charge in [0.15, 0.2) is 6.61 Å². The van der Waals surface area contributed by atoms with Gasteiger partial charge in [-0.3, -0.25) is 19.0 Å². The minimum atomic E-state index is -0.709. The zero-order chi connectivity index (χ0) is 17.8. The van der Waals surface area contributed by atoms with Crippen LogP contribution in [0.4, 0.5) is 0 Å². The van der Waals surface area contributed by atoms with Crippen LogP contribution in [0.15, 0.2) is 59.7 Å². The summed E-state index contributed by atoms with van der Waals surface area (Å²) in [6.45, 7) is -0.773. The Bertz CT molecular complexity index is 1010. The number of Topliss-reactive ketones (excluding diaryl/α,β-unsaturated/α-hetero) is 1. The lowest BCUT2D eigenvalue weighted by Gasteiger charge is -2.08. The molecule has 0 spiro atoms. The lowest BCUT2D eigenvalue weighted by molar-refractivity contribution is -0.143. The van der Waals surface area contributed by atoms with Gasteiger partial charge in [0.25, 0.3) is 5.56 Å². The molecular weight excluding hydrogens is 344 g/mol. The molecule has 0 bridgehead atoms. The van der Waals surface area contributed by atoms with Crippen molar-refractivity contribution in [2.75, 3.05) is 6.61 Å². The van der Waals surface area contributed by atoms with Crippen LogP contribution in [-0.4, -0.2) is 27.9 Å². The average Bonchev–Trinajstić information content (AvgIpc) is 2.63. The van der Waals surface area contributed by atoms with Crippen molar-refractivity contribution in [1.82, 2.24) is 9.55 Å². The van der Waals surface area contributed by atoms with Crippen molar-refractivity contribution in [3.05, 3.63) is 75.8 Å². The average molecular weight is 357 g/mol. The Morgan fingerprint density at radius 2 is 1.80 bits per heavy atom. The number of esters is 1. The topological polar surface area (TPSA) is 78.3 Å². The number of aromatic nitrogens is 2. The first kappa shape index (κ1) is 16.9. The van der Waals surface area contributed by atoms with Crippen molar-refractivity contribution in [2.45, 2.75) is 6.54 Å². The summed E-state index contributed by atoms with van der Waals surface area (Å²) in [5.41, 5.74) is 0.479. The first-order chi connectivity index (χ1) is 12.1. The second kappa shape index (κ2) is 7.27. The zero-order valence-electron chi connectivity index (χ0n) is 13.0. The Hall–Kier alpha value is -2.99. The number of para-hydroxylation sites is 1. The Morgan fingerprint density at radius 1 is 1.08 bits per heavy atom. The van der Waals surface area contributed by atoms with Gasteiger partial charge >= 0.3 is 5.97 Å². The number of hydrogen-bond acceptors (Lipinski definition) is 5. The van der Waals surface area contributed by atoms with Gasteiger partial charge in [-0.1, -0.05) is 35.9 Å². The number of carbonyl (C=O) groups excluding carboxylic acids is 2. The smallest absolute Gasteiger partial charge is 0.326 e. The summed E-state index contributed by atoms with van der Waals surface area (Å²) in [5.74, 6) is -1.12. The van der Waals surface area contributed by atoms with E-state index < -0.39 is 18.4 Å². The van der Waals surface area contributed by atoms with Gasteiger partial charge in [-0.25, -0.2) is 4.98 Å². The van der Waals surface area contributed by atoms with Crippen LogP contribution < -0.4 is 5.56 Å². The van der Waals surface area contributed by atoms with Crippen LogP contribution in [-0.2, 0) is 16.1 Å². The van der Waals surface area contributed by atoms with Crippen molar-refractivity contribution in [3.63, 3.8) is 0 Å². The second-order valence-corrected chi connectivity index (χ2v) is 5.67. The van der Waals surface area contributed by atoms with E-state index in [0.717, 1.165) is 4.57 Å². The maximum atomic E-state index is 12.3. The van der Waals surface area contributed by atoms with Crippen molar-refractivity contribution in [1.29, 1.82) is 0 Å². The fourth-order valence-corrected chi connectivity index (χ4v) is 2.56. The Kier molecular flexibility index (Phi) is 4.90. The monoisotopic (exact) mass is 356 g/mol. The third-order valence-corrected chi connectivity index (χ3v) is 3.90. The predicted molar refractivity (Wildman–Crippen MR) is 92.7 cm³/mol. The van der Waals surface area contributed by atoms with Crippen LogP contribution in [0.1, 0.15) is 10.4 Å². The molecule has 0 saturated heterocycles. The molecule has 2 aromatic carbocycles. The highest BCUT2D eigenvalue weighted by Crippen LogP contribution is 2.15. The molecule has 0 unspecified atom stereocenters. The highest BCUT2D eigenvalue weighted by molar-refractivity contribution is 6.34. The van der Waals surface area contributed by atoms with E-state index in [9.17, 15) is 14.4 Å². The van der Waals surface area contributed by atoms with Crippen LogP contribution in [0.25, 0.3) is 10.9 Å². The van der Waals surface area contributed by atoms with Gasteiger partial charge in [0.05, 0.1) is 22.3 Å². The van der Waals surface area contributed by atoms with Gasteiger partial charge < -0.3 is 4.74 Å². The van der Waals surface area contributed by atoms with Crippen molar-refractivity contribution in [3.8, 4) is 0 Å². The molecule has 1 aromatic heterocycles. The highest BCUT2D eigenvalue weighted by atomic mass is 35.5. The maximum absolute atomic E-state index is 12.3. The van der Waals surface area contributed by atoms with Crippen LogP contribution >= 0.6 is 11.6 Å². The summed E-state index contributed by atoms with van der Waals surface area (Å²) in [6, 6.07) is 13.3. The van der Waals surface area contributed by atoms with E-state index in [1.165, 1.54) is 6.33 Å². The molecule has 7 heteroatoms. The number of ketones is 1. The highest BCUT2D eigenvalue weighted by Gasteiger charge is 2.14. The van der Waals surface area contributed by atoms with E-state index in [1.54, 1.807) is 48.5 Å². The van der Waals surface area contributed by atoms with E-state index in [-0.39, 0.29) is 17.7 Å². The molecule has 1 heterocycles. The van der Waals surface area contributed by atoms with Crippen molar-refractivity contribution >= 4 is 34.3 Å². The fourth-order valence-electron chi connectivity index (χ4n) is 2.31. The van der Waals surface area contributed by atoms with Gasteiger partial charge in [0.2, 0.25) is 5.78 Å². The summed E-state index contributed by atoms with van der Waals surface area (Å²) in [7, 11) is 0. The molecule has 126 valence electrons. The molecule has 0 aliphatic carbocycles. The standard InChI is InChI=1S/C18H13ClN2O4/c19-14-7-3-1-5-12(14)16(22)10-25-17(23)9-21-11-20-15-8-4-2-6-13(15)18(21)24/h1-8,11H,9-10H2. The number of ether oxygens (including phenoxy) is 1. The number of benzene rings is 2. The molecule has 0 radical (unpaired) electrons. The fraction of sp³-hybridized carbons (Fsp3) is 0.111. The van der Waals surface area contributed by atoms with E-state index >= 15 is 0 Å². The third kappa shape index (κ3) is 3.75. The molecule has 3 aromatic rings. The quantitative estimate of drug-likeness (QED) is 0.518. The molecule has 0 fully saturated rings. The third-order valence-electron chi connectivity index (χ3n) is 3.57. The van der Waals surface area contributed by atoms with Crippen LogP contribution in [0, 0.1) is 0 Å². The van der Waals surface area contributed by atoms with E-state index in [2.05, 4.69) is 4.98 Å². The zero-order valence-corrected chi connectivity index (χ0v) is 13.8. The molecule has 6 nitrogen and oxygen atoms in total. The van der Waals surface area contributed by atoms with Crippen LogP contribution in [0.3, 0.4) is 0 Å². The second-order valence-electron chi connectivity index (χ2n) is 5.26. The number of hydrogen-bond donors (Lipinski definition) is 0. The largest absolute Gasteiger partial charge is 0.456 e. The van der Waals surface area contributed by atoms with Crippen LogP contribution in [0.5, 0.6) is 0 Å². The molecule has 0 atom stereocenters. The molecule has 0 amide bonds. The van der Waals surface area contributed by atoms with Gasteiger partial charge in [-0.05, 0) is 24.3 Å². The number of nitrogens with zero attached hydrogens (tertiary/aromatic N) is 2. The number of halogens is 1. The molecule has 0 aliphatic heterocycles. The SMILES string of the molecule is O=C(Cn1cnc2ccccc2c1=O)OCC(=O)c1ccccc1Cl. The normalized spacial score (nSPS) is 10.6. The lowest BCUT2D eigenvalue weighted by Crippen LogP contribution is -2.26. The summed E-state index contributed by atoms with van der Waals surface area (Å²) in [4.78, 5) is 40.4. The van der Waals surface area contributed by atoms with Crippen LogP contribution in [0.2, 0.25) is 5.02 Å². The van der Waals surface area contributed by atoms with Crippen molar-refractivity contribution in [2.24, 2.45) is 0 Å². The summed E-state index contributed by atoms with van der Waals surface area (Å²) < 4.78 is 6.09. The van der Waals surface area contributed by atoms with Crippen molar-refractivity contribution < 1.29 is 14.3 Å². The number of carbonyl (C=O) groups is 2. The van der Waals surface area contributed by atoms with E-state index in [0.29, 0.717) is 15.9 Å². The van der Waals surface area contributed by atoms with Gasteiger partial charge in [-0.15, -0.1) is 0 Å². The minimum Gasteiger partial charge on any atom is -0.456 e. The summed E-state index contributed by atoms with van der Waals surface area (Å²) in [6.07, 6.45) is 1.28. The summed E-state index contributed by atoms with van der Waals surface area (Å²) in [5, 5.41) is 0.698. The maximum Gasteiger partial charge on any atom is 0.326 e.